The molecular formula is C17H34N2O. The molecule has 2 N–H and O–H groups in total. The summed E-state index contributed by atoms with van der Waals surface area (Å²) in [6.07, 6.45) is 4.24. The molecule has 1 aliphatic carbocycles. The average Bonchev–Trinajstić information content (AvgIpc) is 2.43. The molecule has 0 aliphatic heterocycles. The van der Waals surface area contributed by atoms with Gasteiger partial charge in [-0.25, -0.2) is 0 Å². The molecule has 0 aromatic rings. The number of rotatable bonds is 6. The Morgan fingerprint density at radius 3 is 2.25 bits per heavy atom. The summed E-state index contributed by atoms with van der Waals surface area (Å²) >= 11 is 0. The number of hydrogen-bond acceptors (Lipinski definition) is 2. The van der Waals surface area contributed by atoms with Crippen LogP contribution in [0.4, 0.5) is 0 Å². The van der Waals surface area contributed by atoms with Gasteiger partial charge in [0.25, 0.3) is 0 Å². The fraction of sp³-hybridized carbons (Fsp3) is 0.941. The standard InChI is InChI=1S/C17H34N2O/c1-6-14(7-2)11-19(8-3)17(20)15-10-16(18)13(5)9-12(15)4/h12-16H,6-11,18H2,1-5H3. The van der Waals surface area contributed by atoms with E-state index >= 15 is 0 Å². The molecule has 118 valence electrons. The summed E-state index contributed by atoms with van der Waals surface area (Å²) in [4.78, 5) is 14.9. The minimum absolute atomic E-state index is 0.135. The van der Waals surface area contributed by atoms with Gasteiger partial charge in [0.15, 0.2) is 0 Å². The summed E-state index contributed by atoms with van der Waals surface area (Å²) in [7, 11) is 0. The summed E-state index contributed by atoms with van der Waals surface area (Å²) < 4.78 is 0. The van der Waals surface area contributed by atoms with Crippen LogP contribution in [-0.2, 0) is 4.79 Å². The van der Waals surface area contributed by atoms with Gasteiger partial charge in [-0.15, -0.1) is 0 Å². The number of amides is 1. The Hall–Kier alpha value is -0.570. The zero-order valence-electron chi connectivity index (χ0n) is 14.1. The van der Waals surface area contributed by atoms with Crippen molar-refractivity contribution in [1.82, 2.24) is 4.90 Å². The summed E-state index contributed by atoms with van der Waals surface area (Å²) in [5, 5.41) is 0. The summed E-state index contributed by atoms with van der Waals surface area (Å²) in [5.74, 6) is 2.12. The van der Waals surface area contributed by atoms with Crippen molar-refractivity contribution in [3.05, 3.63) is 0 Å². The molecule has 0 radical (unpaired) electrons. The number of hydrogen-bond donors (Lipinski definition) is 1. The quantitative estimate of drug-likeness (QED) is 0.812. The van der Waals surface area contributed by atoms with Crippen molar-refractivity contribution in [2.45, 2.75) is 66.3 Å². The first kappa shape index (κ1) is 17.5. The van der Waals surface area contributed by atoms with Crippen LogP contribution in [0.15, 0.2) is 0 Å². The molecule has 0 spiro atoms. The maximum Gasteiger partial charge on any atom is 0.226 e. The largest absolute Gasteiger partial charge is 0.342 e. The van der Waals surface area contributed by atoms with E-state index in [4.69, 9.17) is 5.73 Å². The van der Waals surface area contributed by atoms with E-state index in [1.54, 1.807) is 0 Å². The lowest BCUT2D eigenvalue weighted by molar-refractivity contribution is -0.139. The van der Waals surface area contributed by atoms with Crippen molar-refractivity contribution >= 4 is 5.91 Å². The summed E-state index contributed by atoms with van der Waals surface area (Å²) in [6, 6.07) is 0.187. The van der Waals surface area contributed by atoms with Crippen LogP contribution in [0.5, 0.6) is 0 Å². The Bertz CT molecular complexity index is 301. The molecule has 4 atom stereocenters. The Morgan fingerprint density at radius 1 is 1.15 bits per heavy atom. The van der Waals surface area contributed by atoms with E-state index in [1.807, 2.05) is 0 Å². The maximum absolute atomic E-state index is 12.8. The number of carbonyl (C=O) groups is 1. The van der Waals surface area contributed by atoms with Crippen LogP contribution in [0, 0.1) is 23.7 Å². The van der Waals surface area contributed by atoms with Crippen LogP contribution in [0.1, 0.15) is 60.3 Å². The van der Waals surface area contributed by atoms with Gasteiger partial charge in [-0.3, -0.25) is 4.79 Å². The lowest BCUT2D eigenvalue weighted by Gasteiger charge is -2.39. The van der Waals surface area contributed by atoms with E-state index in [0.717, 1.165) is 38.8 Å². The minimum Gasteiger partial charge on any atom is -0.342 e. The Kier molecular flexibility index (Phi) is 7.01. The van der Waals surface area contributed by atoms with Gasteiger partial charge in [0.2, 0.25) is 5.91 Å². The van der Waals surface area contributed by atoms with Crippen molar-refractivity contribution in [1.29, 1.82) is 0 Å². The van der Waals surface area contributed by atoms with Crippen molar-refractivity contribution < 1.29 is 4.79 Å². The molecule has 4 unspecified atom stereocenters. The molecule has 0 saturated heterocycles. The molecule has 1 aliphatic rings. The van der Waals surface area contributed by atoms with E-state index in [2.05, 4.69) is 39.5 Å². The fourth-order valence-electron chi connectivity index (χ4n) is 3.50. The lowest BCUT2D eigenvalue weighted by Crippen LogP contribution is -2.47. The highest BCUT2D eigenvalue weighted by molar-refractivity contribution is 5.79. The van der Waals surface area contributed by atoms with Gasteiger partial charge < -0.3 is 10.6 Å². The second-order valence-electron chi connectivity index (χ2n) is 6.76. The first-order chi connectivity index (χ1) is 9.44. The molecule has 1 rings (SSSR count). The van der Waals surface area contributed by atoms with Gasteiger partial charge in [-0.05, 0) is 37.5 Å². The Morgan fingerprint density at radius 2 is 1.75 bits per heavy atom. The van der Waals surface area contributed by atoms with Crippen LogP contribution >= 0.6 is 0 Å². The van der Waals surface area contributed by atoms with Crippen molar-refractivity contribution in [2.75, 3.05) is 13.1 Å². The Balaban J connectivity index is 2.70. The van der Waals surface area contributed by atoms with Crippen LogP contribution < -0.4 is 5.73 Å². The maximum atomic E-state index is 12.8. The highest BCUT2D eigenvalue weighted by atomic mass is 16.2. The molecule has 1 saturated carbocycles. The zero-order chi connectivity index (χ0) is 15.3. The van der Waals surface area contributed by atoms with Crippen LogP contribution in [0.3, 0.4) is 0 Å². The highest BCUT2D eigenvalue weighted by Gasteiger charge is 2.36. The molecule has 0 bridgehead atoms. The number of carbonyl (C=O) groups excluding carboxylic acids is 1. The first-order valence-electron chi connectivity index (χ1n) is 8.48. The van der Waals surface area contributed by atoms with Gasteiger partial charge in [0.1, 0.15) is 0 Å². The van der Waals surface area contributed by atoms with E-state index < -0.39 is 0 Å². The topological polar surface area (TPSA) is 46.3 Å². The van der Waals surface area contributed by atoms with E-state index in [1.165, 1.54) is 0 Å². The molecule has 0 aromatic heterocycles. The third-order valence-electron chi connectivity index (χ3n) is 5.33. The molecule has 3 nitrogen and oxygen atoms in total. The third-order valence-corrected chi connectivity index (χ3v) is 5.33. The van der Waals surface area contributed by atoms with Crippen molar-refractivity contribution in [3.63, 3.8) is 0 Å². The third kappa shape index (κ3) is 4.21. The van der Waals surface area contributed by atoms with Gasteiger partial charge in [0.05, 0.1) is 0 Å². The predicted molar refractivity (Wildman–Crippen MR) is 85.4 cm³/mol. The smallest absolute Gasteiger partial charge is 0.226 e. The second kappa shape index (κ2) is 8.02. The monoisotopic (exact) mass is 282 g/mol. The van der Waals surface area contributed by atoms with Gasteiger partial charge >= 0.3 is 0 Å². The molecule has 1 fully saturated rings. The van der Waals surface area contributed by atoms with Crippen LogP contribution in [0.2, 0.25) is 0 Å². The number of nitrogens with zero attached hydrogens (tertiary/aromatic N) is 1. The molecule has 1 amide bonds. The lowest BCUT2D eigenvalue weighted by atomic mass is 9.72. The molecule has 20 heavy (non-hydrogen) atoms. The molecule has 3 heteroatoms. The minimum atomic E-state index is 0.135. The van der Waals surface area contributed by atoms with Crippen LogP contribution in [-0.4, -0.2) is 29.9 Å². The van der Waals surface area contributed by atoms with Gasteiger partial charge in [0, 0.05) is 25.0 Å². The molecule has 0 aromatic carbocycles. The number of nitrogens with two attached hydrogens (primary N) is 1. The summed E-state index contributed by atoms with van der Waals surface area (Å²) in [6.45, 7) is 12.7. The zero-order valence-corrected chi connectivity index (χ0v) is 14.1. The van der Waals surface area contributed by atoms with Gasteiger partial charge in [-0.2, -0.15) is 0 Å². The summed E-state index contributed by atoms with van der Waals surface area (Å²) in [5.41, 5.74) is 6.19. The highest BCUT2D eigenvalue weighted by Crippen LogP contribution is 2.34. The van der Waals surface area contributed by atoms with Crippen molar-refractivity contribution in [2.24, 2.45) is 29.4 Å². The first-order valence-corrected chi connectivity index (χ1v) is 8.48. The van der Waals surface area contributed by atoms with E-state index in [9.17, 15) is 4.79 Å². The van der Waals surface area contributed by atoms with Crippen LogP contribution in [0.25, 0.3) is 0 Å². The van der Waals surface area contributed by atoms with Gasteiger partial charge in [-0.1, -0.05) is 40.5 Å². The predicted octanol–water partition coefficient (Wildman–Crippen LogP) is 3.28. The van der Waals surface area contributed by atoms with E-state index in [0.29, 0.717) is 23.7 Å². The second-order valence-corrected chi connectivity index (χ2v) is 6.76. The normalized spacial score (nSPS) is 30.6. The van der Waals surface area contributed by atoms with Crippen molar-refractivity contribution in [3.8, 4) is 0 Å². The molecular weight excluding hydrogens is 248 g/mol. The fourth-order valence-corrected chi connectivity index (χ4v) is 3.50. The molecule has 0 heterocycles. The Labute approximate surface area is 125 Å². The SMILES string of the molecule is CCC(CC)CN(CC)C(=O)C1CC(N)C(C)CC1C. The average molecular weight is 282 g/mol. The van der Waals surface area contributed by atoms with E-state index in [-0.39, 0.29) is 12.0 Å².